The van der Waals surface area contributed by atoms with E-state index in [1.807, 2.05) is 30.0 Å². The van der Waals surface area contributed by atoms with Crippen molar-refractivity contribution in [1.82, 2.24) is 14.9 Å². The first-order valence-electron chi connectivity index (χ1n) is 12.0. The van der Waals surface area contributed by atoms with Gasteiger partial charge in [-0.25, -0.2) is 9.97 Å². The van der Waals surface area contributed by atoms with E-state index in [-0.39, 0.29) is 23.9 Å². The van der Waals surface area contributed by atoms with Crippen molar-refractivity contribution in [3.8, 4) is 11.5 Å². The number of carbonyl (C=O) groups is 1. The van der Waals surface area contributed by atoms with Gasteiger partial charge in [0.1, 0.15) is 6.10 Å². The molecule has 4 rings (SSSR count). The summed E-state index contributed by atoms with van der Waals surface area (Å²) in [6.45, 7) is 5.05. The van der Waals surface area contributed by atoms with Crippen molar-refractivity contribution in [3.05, 3.63) is 41.2 Å². The van der Waals surface area contributed by atoms with Crippen molar-refractivity contribution >= 4 is 23.5 Å². The fourth-order valence-corrected chi connectivity index (χ4v) is 4.98. The van der Waals surface area contributed by atoms with Crippen LogP contribution >= 0.6 is 11.6 Å². The summed E-state index contributed by atoms with van der Waals surface area (Å²) in [6.07, 6.45) is 1.02. The number of methoxy groups -OCH3 is 1. The van der Waals surface area contributed by atoms with E-state index in [1.54, 1.807) is 31.3 Å². The molecule has 2 aromatic rings. The Bertz CT molecular complexity index is 1050. The number of hydrogen-bond acceptors (Lipinski definition) is 9. The number of nitrogens with zero attached hydrogens (tertiary/aromatic N) is 4. The van der Waals surface area contributed by atoms with Crippen LogP contribution in [-0.2, 0) is 4.79 Å². The van der Waals surface area contributed by atoms with E-state index in [4.69, 9.17) is 21.1 Å². The second-order valence-electron chi connectivity index (χ2n) is 9.57. The molecule has 11 heteroatoms. The van der Waals surface area contributed by atoms with Gasteiger partial charge in [-0.05, 0) is 36.5 Å². The van der Waals surface area contributed by atoms with Crippen LogP contribution in [-0.4, -0.2) is 94.3 Å². The Morgan fingerprint density at radius 2 is 1.83 bits per heavy atom. The first-order chi connectivity index (χ1) is 17.2. The van der Waals surface area contributed by atoms with Gasteiger partial charge in [-0.2, -0.15) is 0 Å². The SMILES string of the molecule is COc1ccc([C@@H]2CN(C(=O)[C@@H](O)CO)CC2[C@H](C)[C@@H](C)O)cc1OC1CN(c2ncc(Cl)cn2)C1. The van der Waals surface area contributed by atoms with Crippen LogP contribution in [0.5, 0.6) is 11.5 Å². The zero-order valence-corrected chi connectivity index (χ0v) is 21.4. The number of rotatable bonds is 9. The molecule has 0 spiro atoms. The Morgan fingerprint density at radius 1 is 1.14 bits per heavy atom. The summed E-state index contributed by atoms with van der Waals surface area (Å²) in [5.74, 6) is 1.06. The molecule has 0 radical (unpaired) electrons. The van der Waals surface area contributed by atoms with Crippen molar-refractivity contribution < 1.29 is 29.6 Å². The first-order valence-corrected chi connectivity index (χ1v) is 12.4. The molecule has 10 nitrogen and oxygen atoms in total. The van der Waals surface area contributed by atoms with Crippen LogP contribution in [0.4, 0.5) is 5.95 Å². The number of aromatic nitrogens is 2. The molecule has 36 heavy (non-hydrogen) atoms. The van der Waals surface area contributed by atoms with Crippen LogP contribution < -0.4 is 14.4 Å². The molecule has 2 aliphatic rings. The second-order valence-corrected chi connectivity index (χ2v) is 10.0. The number of aliphatic hydroxyl groups is 3. The summed E-state index contributed by atoms with van der Waals surface area (Å²) in [4.78, 5) is 24.6. The van der Waals surface area contributed by atoms with Gasteiger partial charge < -0.3 is 34.6 Å². The fraction of sp³-hybridized carbons (Fsp3) is 0.560. The van der Waals surface area contributed by atoms with Crippen molar-refractivity contribution in [3.63, 3.8) is 0 Å². The minimum Gasteiger partial charge on any atom is -0.493 e. The van der Waals surface area contributed by atoms with Crippen molar-refractivity contribution in [2.75, 3.05) is 44.8 Å². The predicted molar refractivity (Wildman–Crippen MR) is 133 cm³/mol. The minimum absolute atomic E-state index is 0.0395. The maximum absolute atomic E-state index is 12.6. The van der Waals surface area contributed by atoms with Crippen LogP contribution in [0.3, 0.4) is 0 Å². The van der Waals surface area contributed by atoms with Gasteiger partial charge in [-0.15, -0.1) is 0 Å². The molecule has 1 unspecified atom stereocenters. The quantitative estimate of drug-likeness (QED) is 0.448. The van der Waals surface area contributed by atoms with Gasteiger partial charge in [0.15, 0.2) is 17.6 Å². The highest BCUT2D eigenvalue weighted by Gasteiger charge is 2.42. The number of likely N-dealkylation sites (tertiary alicyclic amines) is 1. The highest BCUT2D eigenvalue weighted by molar-refractivity contribution is 6.30. The van der Waals surface area contributed by atoms with Gasteiger partial charge in [0.25, 0.3) is 5.91 Å². The number of ether oxygens (including phenoxy) is 2. The average Bonchev–Trinajstić information content (AvgIpc) is 3.30. The lowest BCUT2D eigenvalue weighted by atomic mass is 9.79. The maximum Gasteiger partial charge on any atom is 0.253 e. The third-order valence-corrected chi connectivity index (χ3v) is 7.41. The lowest BCUT2D eigenvalue weighted by Gasteiger charge is -2.39. The van der Waals surface area contributed by atoms with E-state index in [1.165, 1.54) is 0 Å². The maximum atomic E-state index is 12.6. The number of halogens is 1. The number of carbonyl (C=O) groups excluding carboxylic acids is 1. The van der Waals surface area contributed by atoms with Crippen LogP contribution in [0, 0.1) is 11.8 Å². The molecule has 5 atom stereocenters. The van der Waals surface area contributed by atoms with Gasteiger partial charge >= 0.3 is 0 Å². The molecule has 0 bridgehead atoms. The molecule has 3 N–H and O–H groups in total. The molecule has 1 aromatic carbocycles. The van der Waals surface area contributed by atoms with Crippen LogP contribution in [0.1, 0.15) is 25.3 Å². The van der Waals surface area contributed by atoms with Crippen LogP contribution in [0.15, 0.2) is 30.6 Å². The molecular weight excluding hydrogens is 488 g/mol. The summed E-state index contributed by atoms with van der Waals surface area (Å²) in [5, 5.41) is 29.9. The summed E-state index contributed by atoms with van der Waals surface area (Å²) in [5.41, 5.74) is 0.953. The zero-order chi connectivity index (χ0) is 26.0. The Balaban J connectivity index is 1.51. The molecule has 0 aliphatic carbocycles. The van der Waals surface area contributed by atoms with E-state index in [9.17, 15) is 20.1 Å². The Labute approximate surface area is 215 Å². The summed E-state index contributed by atoms with van der Waals surface area (Å²) in [7, 11) is 1.58. The first kappa shape index (κ1) is 26.4. The molecule has 2 fully saturated rings. The molecule has 196 valence electrons. The Kier molecular flexibility index (Phi) is 8.19. The third kappa shape index (κ3) is 5.51. The number of anilines is 1. The third-order valence-electron chi connectivity index (χ3n) is 7.22. The zero-order valence-electron chi connectivity index (χ0n) is 20.6. The number of aliphatic hydroxyl groups excluding tert-OH is 3. The van der Waals surface area contributed by atoms with Gasteiger partial charge in [0.05, 0.1) is 50.3 Å². The Hall–Kier alpha value is -2.66. The standard InChI is InChI=1S/C25H33ClN4O6/c1-14(15(2)32)19-11-29(24(34)21(33)13-31)12-20(19)16-4-5-22(35-3)23(6-16)36-18-9-30(10-18)25-27-7-17(26)8-28-25/h4-8,14-15,18-21,31-33H,9-13H2,1-3H3/t14-,15-,19?,20+,21+/m1/s1. The molecule has 1 amide bonds. The lowest BCUT2D eigenvalue weighted by molar-refractivity contribution is -0.141. The van der Waals surface area contributed by atoms with Crippen molar-refractivity contribution in [2.24, 2.45) is 11.8 Å². The number of benzene rings is 1. The molecule has 0 saturated carbocycles. The summed E-state index contributed by atoms with van der Waals surface area (Å²) < 4.78 is 11.8. The van der Waals surface area contributed by atoms with E-state index in [0.29, 0.717) is 48.6 Å². The smallest absolute Gasteiger partial charge is 0.253 e. The Morgan fingerprint density at radius 3 is 2.44 bits per heavy atom. The van der Waals surface area contributed by atoms with Gasteiger partial charge in [0, 0.05) is 19.0 Å². The van der Waals surface area contributed by atoms with Gasteiger partial charge in [-0.1, -0.05) is 24.6 Å². The summed E-state index contributed by atoms with van der Waals surface area (Å²) >= 11 is 5.87. The molecule has 2 aliphatic heterocycles. The highest BCUT2D eigenvalue weighted by atomic mass is 35.5. The van der Waals surface area contributed by atoms with Crippen molar-refractivity contribution in [2.45, 2.75) is 38.1 Å². The minimum atomic E-state index is -1.45. The lowest BCUT2D eigenvalue weighted by Crippen LogP contribution is -2.54. The number of amides is 1. The van der Waals surface area contributed by atoms with E-state index in [0.717, 1.165) is 5.56 Å². The van der Waals surface area contributed by atoms with Gasteiger partial charge in [-0.3, -0.25) is 4.79 Å². The number of hydrogen-bond donors (Lipinski definition) is 3. The van der Waals surface area contributed by atoms with Crippen LogP contribution in [0.25, 0.3) is 0 Å². The second kappa shape index (κ2) is 11.2. The fourth-order valence-electron chi connectivity index (χ4n) is 4.88. The molecule has 2 saturated heterocycles. The monoisotopic (exact) mass is 520 g/mol. The molecule has 1 aromatic heterocycles. The van der Waals surface area contributed by atoms with E-state index in [2.05, 4.69) is 9.97 Å². The molecule has 3 heterocycles. The molecular formula is C25H33ClN4O6. The van der Waals surface area contributed by atoms with Crippen LogP contribution in [0.2, 0.25) is 5.02 Å². The highest BCUT2D eigenvalue weighted by Crippen LogP contribution is 2.42. The summed E-state index contributed by atoms with van der Waals surface area (Å²) in [6, 6.07) is 5.73. The largest absolute Gasteiger partial charge is 0.493 e. The van der Waals surface area contributed by atoms with E-state index < -0.39 is 24.7 Å². The topological polar surface area (TPSA) is 128 Å². The average molecular weight is 521 g/mol. The predicted octanol–water partition coefficient (Wildman–Crippen LogP) is 1.32. The normalized spacial score (nSPS) is 22.6. The van der Waals surface area contributed by atoms with Gasteiger partial charge in [0.2, 0.25) is 5.95 Å². The van der Waals surface area contributed by atoms with E-state index >= 15 is 0 Å². The van der Waals surface area contributed by atoms with Crippen molar-refractivity contribution in [1.29, 1.82) is 0 Å².